The second-order valence-electron chi connectivity index (χ2n) is 4.99. The second-order valence-corrected chi connectivity index (χ2v) is 4.99. The largest absolute Gasteiger partial charge is 0.480 e. The molecule has 0 aromatic heterocycles. The smallest absolute Gasteiger partial charge is 0.326 e. The van der Waals surface area contributed by atoms with E-state index in [1.165, 1.54) is 0 Å². The highest BCUT2D eigenvalue weighted by Crippen LogP contribution is 2.16. The van der Waals surface area contributed by atoms with Gasteiger partial charge in [-0.05, 0) is 16.3 Å². The molecule has 0 fully saturated rings. The van der Waals surface area contributed by atoms with Crippen molar-refractivity contribution in [3.05, 3.63) is 48.0 Å². The van der Waals surface area contributed by atoms with E-state index in [0.29, 0.717) is 0 Å². The lowest BCUT2D eigenvalue weighted by Gasteiger charge is -2.13. The van der Waals surface area contributed by atoms with Gasteiger partial charge in [0.1, 0.15) is 6.04 Å². The summed E-state index contributed by atoms with van der Waals surface area (Å²) in [6, 6.07) is 12.0. The van der Waals surface area contributed by atoms with Crippen LogP contribution in [0.15, 0.2) is 42.5 Å². The van der Waals surface area contributed by atoms with Crippen LogP contribution in [-0.2, 0) is 20.8 Å². The lowest BCUT2D eigenvalue weighted by atomic mass is 10.0. The van der Waals surface area contributed by atoms with Crippen molar-refractivity contribution in [2.24, 2.45) is 5.73 Å². The second kappa shape index (κ2) is 6.71. The average Bonchev–Trinajstić information content (AvgIpc) is 2.45. The van der Waals surface area contributed by atoms with Gasteiger partial charge in [-0.25, -0.2) is 4.79 Å². The van der Waals surface area contributed by atoms with Gasteiger partial charge in [-0.15, -0.1) is 0 Å². The van der Waals surface area contributed by atoms with Crippen molar-refractivity contribution < 1.29 is 19.5 Å². The van der Waals surface area contributed by atoms with E-state index < -0.39 is 30.2 Å². The third kappa shape index (κ3) is 4.05. The monoisotopic (exact) mass is 300 g/mol. The molecule has 114 valence electrons. The minimum absolute atomic E-state index is 0.0351. The molecule has 0 aliphatic heterocycles. The van der Waals surface area contributed by atoms with E-state index >= 15 is 0 Å². The minimum atomic E-state index is -1.30. The SMILES string of the molecule is NC(=O)C[C@H](NC(=O)Cc1ccc2ccccc2c1)C(=O)O. The highest BCUT2D eigenvalue weighted by atomic mass is 16.4. The Morgan fingerprint density at radius 3 is 2.41 bits per heavy atom. The molecule has 0 saturated carbocycles. The zero-order valence-electron chi connectivity index (χ0n) is 11.8. The third-order valence-electron chi connectivity index (χ3n) is 3.22. The summed E-state index contributed by atoms with van der Waals surface area (Å²) in [5.41, 5.74) is 5.73. The quantitative estimate of drug-likeness (QED) is 0.734. The van der Waals surface area contributed by atoms with Gasteiger partial charge in [-0.3, -0.25) is 9.59 Å². The number of nitrogens with two attached hydrogens (primary N) is 1. The van der Waals surface area contributed by atoms with E-state index in [0.717, 1.165) is 16.3 Å². The van der Waals surface area contributed by atoms with Crippen molar-refractivity contribution in [3.8, 4) is 0 Å². The molecule has 4 N–H and O–H groups in total. The Morgan fingerprint density at radius 1 is 1.09 bits per heavy atom. The number of rotatable bonds is 6. The number of carboxylic acid groups (broad SMARTS) is 1. The van der Waals surface area contributed by atoms with Crippen LogP contribution in [0.2, 0.25) is 0 Å². The number of aliphatic carboxylic acids is 1. The van der Waals surface area contributed by atoms with Crippen LogP contribution in [0.4, 0.5) is 0 Å². The Kier molecular flexibility index (Phi) is 4.73. The van der Waals surface area contributed by atoms with Gasteiger partial charge in [0.2, 0.25) is 11.8 Å². The third-order valence-corrected chi connectivity index (χ3v) is 3.22. The van der Waals surface area contributed by atoms with E-state index in [1.807, 2.05) is 42.5 Å². The van der Waals surface area contributed by atoms with E-state index in [1.54, 1.807) is 0 Å². The highest BCUT2D eigenvalue weighted by Gasteiger charge is 2.22. The Hall–Kier alpha value is -2.89. The zero-order chi connectivity index (χ0) is 16.1. The van der Waals surface area contributed by atoms with Gasteiger partial charge in [0.05, 0.1) is 12.8 Å². The number of carbonyl (C=O) groups excluding carboxylic acids is 2. The molecule has 0 unspecified atom stereocenters. The zero-order valence-corrected chi connectivity index (χ0v) is 11.8. The first-order valence-electron chi connectivity index (χ1n) is 6.74. The molecule has 1 atom stereocenters. The number of primary amides is 1. The summed E-state index contributed by atoms with van der Waals surface area (Å²) >= 11 is 0. The van der Waals surface area contributed by atoms with Crippen molar-refractivity contribution in [1.29, 1.82) is 0 Å². The maximum atomic E-state index is 11.9. The normalized spacial score (nSPS) is 11.8. The summed E-state index contributed by atoms with van der Waals surface area (Å²) in [6.45, 7) is 0. The molecule has 0 aliphatic carbocycles. The molecule has 2 amide bonds. The van der Waals surface area contributed by atoms with Gasteiger partial charge in [-0.1, -0.05) is 42.5 Å². The first-order valence-corrected chi connectivity index (χ1v) is 6.74. The summed E-state index contributed by atoms with van der Waals surface area (Å²) in [7, 11) is 0. The molecular formula is C16H16N2O4. The number of carboxylic acids is 1. The maximum Gasteiger partial charge on any atom is 0.326 e. The number of fused-ring (bicyclic) bond motifs is 1. The topological polar surface area (TPSA) is 109 Å². The van der Waals surface area contributed by atoms with Crippen LogP contribution in [-0.4, -0.2) is 28.9 Å². The Morgan fingerprint density at radius 2 is 1.77 bits per heavy atom. The fourth-order valence-corrected chi connectivity index (χ4v) is 2.18. The van der Waals surface area contributed by atoms with Crippen LogP contribution in [0.1, 0.15) is 12.0 Å². The molecule has 0 aliphatic rings. The standard InChI is InChI=1S/C16H16N2O4/c17-14(19)9-13(16(21)22)18-15(20)8-10-5-6-11-3-1-2-4-12(11)7-10/h1-7,13H,8-9H2,(H2,17,19)(H,18,20)(H,21,22)/t13-/m0/s1. The van der Waals surface area contributed by atoms with Crippen LogP contribution < -0.4 is 11.1 Å². The molecular weight excluding hydrogens is 284 g/mol. The van der Waals surface area contributed by atoms with Crippen LogP contribution in [0, 0.1) is 0 Å². The van der Waals surface area contributed by atoms with Crippen LogP contribution in [0.3, 0.4) is 0 Å². The number of hydrogen-bond donors (Lipinski definition) is 3. The number of amides is 2. The number of nitrogens with one attached hydrogen (secondary N) is 1. The molecule has 22 heavy (non-hydrogen) atoms. The molecule has 0 spiro atoms. The molecule has 2 aromatic carbocycles. The number of carbonyl (C=O) groups is 3. The van der Waals surface area contributed by atoms with E-state index in [4.69, 9.17) is 10.8 Å². The van der Waals surface area contributed by atoms with Gasteiger partial charge >= 0.3 is 5.97 Å². The van der Waals surface area contributed by atoms with Gasteiger partial charge < -0.3 is 16.2 Å². The van der Waals surface area contributed by atoms with E-state index in [9.17, 15) is 14.4 Å². The Balaban J connectivity index is 2.06. The Labute approximate surface area is 126 Å². The van der Waals surface area contributed by atoms with Crippen LogP contribution in [0.25, 0.3) is 10.8 Å². The summed E-state index contributed by atoms with van der Waals surface area (Å²) < 4.78 is 0. The molecule has 0 radical (unpaired) electrons. The van der Waals surface area contributed by atoms with Crippen molar-refractivity contribution in [3.63, 3.8) is 0 Å². The van der Waals surface area contributed by atoms with Gasteiger partial charge in [-0.2, -0.15) is 0 Å². The van der Waals surface area contributed by atoms with Gasteiger partial charge in [0.15, 0.2) is 0 Å². The maximum absolute atomic E-state index is 11.9. The van der Waals surface area contributed by atoms with Crippen molar-refractivity contribution in [1.82, 2.24) is 5.32 Å². The van der Waals surface area contributed by atoms with Crippen molar-refractivity contribution in [2.75, 3.05) is 0 Å². The summed E-state index contributed by atoms with van der Waals surface area (Å²) in [4.78, 5) is 33.7. The highest BCUT2D eigenvalue weighted by molar-refractivity contribution is 5.89. The molecule has 2 aromatic rings. The van der Waals surface area contributed by atoms with Crippen LogP contribution >= 0.6 is 0 Å². The lowest BCUT2D eigenvalue weighted by Crippen LogP contribution is -2.43. The predicted octanol–water partition coefficient (Wildman–Crippen LogP) is 0.827. The molecule has 6 heteroatoms. The molecule has 0 heterocycles. The molecule has 0 bridgehead atoms. The first kappa shape index (κ1) is 15.5. The van der Waals surface area contributed by atoms with Gasteiger partial charge in [0.25, 0.3) is 0 Å². The molecule has 2 rings (SSSR count). The fraction of sp³-hybridized carbons (Fsp3) is 0.188. The molecule has 6 nitrogen and oxygen atoms in total. The summed E-state index contributed by atoms with van der Waals surface area (Å²) in [5, 5.41) is 13.3. The van der Waals surface area contributed by atoms with Crippen molar-refractivity contribution in [2.45, 2.75) is 18.9 Å². The summed E-state index contributed by atoms with van der Waals surface area (Å²) in [6.07, 6.45) is -0.397. The molecule has 0 saturated heterocycles. The van der Waals surface area contributed by atoms with E-state index in [-0.39, 0.29) is 6.42 Å². The fourth-order valence-electron chi connectivity index (χ4n) is 2.18. The Bertz CT molecular complexity index is 727. The average molecular weight is 300 g/mol. The van der Waals surface area contributed by atoms with Crippen molar-refractivity contribution >= 4 is 28.6 Å². The summed E-state index contributed by atoms with van der Waals surface area (Å²) in [5.74, 6) is -2.53. The van der Waals surface area contributed by atoms with Crippen LogP contribution in [0.5, 0.6) is 0 Å². The lowest BCUT2D eigenvalue weighted by molar-refractivity contribution is -0.143. The first-order chi connectivity index (χ1) is 10.5. The number of benzene rings is 2. The van der Waals surface area contributed by atoms with Gasteiger partial charge in [0, 0.05) is 0 Å². The predicted molar refractivity (Wildman–Crippen MR) is 81.0 cm³/mol. The number of hydrogen-bond acceptors (Lipinski definition) is 3. The minimum Gasteiger partial charge on any atom is -0.480 e. The van der Waals surface area contributed by atoms with E-state index in [2.05, 4.69) is 5.32 Å².